The van der Waals surface area contributed by atoms with Gasteiger partial charge in [-0.25, -0.2) is 0 Å². The van der Waals surface area contributed by atoms with Crippen molar-refractivity contribution in [2.45, 2.75) is 0 Å². The van der Waals surface area contributed by atoms with Crippen LogP contribution >= 0.6 is 59.4 Å². The first kappa shape index (κ1) is 10.0. The molecule has 0 bridgehead atoms. The zero-order valence-corrected chi connectivity index (χ0v) is 11.7. The average Bonchev–Trinajstić information content (AvgIpc) is 2.38. The molecule has 0 amide bonds. The topological polar surface area (TPSA) is 15.8 Å². The van der Waals surface area contributed by atoms with E-state index in [1.54, 1.807) is 0 Å². The van der Waals surface area contributed by atoms with Crippen LogP contribution in [0.3, 0.4) is 0 Å². The molecule has 0 aliphatic heterocycles. The number of hydrogen-bond acceptors (Lipinski definition) is 0. The first-order valence-corrected chi connectivity index (χ1v) is 6.17. The zero-order valence-electron chi connectivity index (χ0n) is 6.17. The zero-order chi connectivity index (χ0) is 9.59. The number of fused-ring (bicyclic) bond motifs is 1. The van der Waals surface area contributed by atoms with Gasteiger partial charge in [0.15, 0.2) is 0 Å². The first-order valence-electron chi connectivity index (χ1n) is 3.42. The lowest BCUT2D eigenvalue weighted by Crippen LogP contribution is -1.72. The van der Waals surface area contributed by atoms with Gasteiger partial charge in [0.2, 0.25) is 0 Å². The van der Waals surface area contributed by atoms with Gasteiger partial charge >= 0.3 is 0 Å². The second-order valence-electron chi connectivity index (χ2n) is 2.53. The Hall–Kier alpha value is 0.490. The van der Waals surface area contributed by atoms with Gasteiger partial charge in [0, 0.05) is 14.3 Å². The molecule has 0 saturated heterocycles. The Morgan fingerprint density at radius 3 is 2.31 bits per heavy atom. The van der Waals surface area contributed by atoms with E-state index in [2.05, 4.69) is 52.8 Å². The third kappa shape index (κ3) is 1.58. The number of nitrogens with one attached hydrogen (secondary N) is 1. The molecule has 0 radical (unpaired) electrons. The summed E-state index contributed by atoms with van der Waals surface area (Å²) in [7, 11) is 0. The van der Waals surface area contributed by atoms with Gasteiger partial charge in [0.1, 0.15) is 4.60 Å². The van der Waals surface area contributed by atoms with Gasteiger partial charge in [0.25, 0.3) is 0 Å². The van der Waals surface area contributed by atoms with Crippen molar-refractivity contribution < 1.29 is 0 Å². The average molecular weight is 388 g/mol. The summed E-state index contributed by atoms with van der Waals surface area (Å²) in [6, 6.07) is 3.92. The molecule has 0 aliphatic carbocycles. The largest absolute Gasteiger partial charge is 0.347 e. The van der Waals surface area contributed by atoms with Crippen LogP contribution in [0.1, 0.15) is 0 Å². The lowest BCUT2D eigenvalue weighted by Gasteiger charge is -1.96. The van der Waals surface area contributed by atoms with Gasteiger partial charge in [-0.1, -0.05) is 27.5 Å². The van der Waals surface area contributed by atoms with Crippen LogP contribution in [-0.4, -0.2) is 4.98 Å². The third-order valence-corrected chi connectivity index (χ3v) is 4.27. The fourth-order valence-electron chi connectivity index (χ4n) is 1.16. The van der Waals surface area contributed by atoms with E-state index in [1.807, 2.05) is 12.1 Å². The van der Waals surface area contributed by atoms with Crippen LogP contribution in [0.15, 0.2) is 25.7 Å². The van der Waals surface area contributed by atoms with Crippen molar-refractivity contribution in [3.8, 4) is 0 Å². The van der Waals surface area contributed by atoms with Crippen LogP contribution in [0.25, 0.3) is 10.9 Å². The number of aromatic amines is 1. The second-order valence-corrected chi connectivity index (χ2v) is 5.41. The maximum atomic E-state index is 6.09. The Kier molecular flexibility index (Phi) is 2.75. The Balaban J connectivity index is 3.00. The summed E-state index contributed by atoms with van der Waals surface area (Å²) in [4.78, 5) is 3.14. The lowest BCUT2D eigenvalue weighted by atomic mass is 10.2. The molecule has 0 fully saturated rings. The van der Waals surface area contributed by atoms with E-state index >= 15 is 0 Å². The van der Waals surface area contributed by atoms with Gasteiger partial charge < -0.3 is 4.98 Å². The normalized spacial score (nSPS) is 11.1. The molecule has 13 heavy (non-hydrogen) atoms. The van der Waals surface area contributed by atoms with Crippen LogP contribution < -0.4 is 0 Å². The van der Waals surface area contributed by atoms with Crippen LogP contribution in [0.4, 0.5) is 0 Å². The summed E-state index contributed by atoms with van der Waals surface area (Å²) in [6.45, 7) is 0. The lowest BCUT2D eigenvalue weighted by molar-refractivity contribution is 1.40. The summed E-state index contributed by atoms with van der Waals surface area (Å²) in [5.41, 5.74) is 0.992. The van der Waals surface area contributed by atoms with Gasteiger partial charge in [-0.15, -0.1) is 0 Å². The van der Waals surface area contributed by atoms with E-state index in [0.29, 0.717) is 5.02 Å². The van der Waals surface area contributed by atoms with E-state index in [0.717, 1.165) is 24.5 Å². The summed E-state index contributed by atoms with van der Waals surface area (Å²) < 4.78 is 2.78. The van der Waals surface area contributed by atoms with Crippen molar-refractivity contribution in [2.75, 3.05) is 0 Å². The van der Waals surface area contributed by atoms with Crippen molar-refractivity contribution in [1.29, 1.82) is 0 Å². The van der Waals surface area contributed by atoms with Crippen LogP contribution in [0.2, 0.25) is 5.02 Å². The van der Waals surface area contributed by atoms with Crippen molar-refractivity contribution in [2.24, 2.45) is 0 Å². The molecule has 0 spiro atoms. The minimum atomic E-state index is 0.697. The molecular weight excluding hydrogens is 385 g/mol. The fraction of sp³-hybridized carbons (Fsp3) is 0. The van der Waals surface area contributed by atoms with Crippen LogP contribution in [-0.2, 0) is 0 Å². The summed E-state index contributed by atoms with van der Waals surface area (Å²) >= 11 is 16.3. The monoisotopic (exact) mass is 385 g/mol. The first-order chi connectivity index (χ1) is 6.11. The standard InChI is InChI=1S/C8H3Br3ClN/c9-3-1-2-4(10)7-5(3)6(12)8(11)13-7/h1-2,13H. The number of benzene rings is 1. The van der Waals surface area contributed by atoms with Gasteiger partial charge in [0.05, 0.1) is 10.5 Å². The molecular formula is C8H3Br3ClN. The van der Waals surface area contributed by atoms with E-state index < -0.39 is 0 Å². The molecule has 1 nitrogen and oxygen atoms in total. The highest BCUT2D eigenvalue weighted by molar-refractivity contribution is 9.11. The number of rotatable bonds is 0. The highest BCUT2D eigenvalue weighted by Crippen LogP contribution is 2.38. The molecule has 2 aromatic rings. The van der Waals surface area contributed by atoms with E-state index in [1.165, 1.54) is 0 Å². The van der Waals surface area contributed by atoms with Crippen LogP contribution in [0.5, 0.6) is 0 Å². The SMILES string of the molecule is Clc1c(Br)[nH]c2c(Br)ccc(Br)c12. The van der Waals surface area contributed by atoms with Crippen molar-refractivity contribution in [3.05, 3.63) is 30.7 Å². The van der Waals surface area contributed by atoms with Gasteiger partial charge in [-0.05, 0) is 44.0 Å². The quantitative estimate of drug-likeness (QED) is 0.646. The molecule has 1 aromatic heterocycles. The Morgan fingerprint density at radius 1 is 1.08 bits per heavy atom. The molecule has 0 unspecified atom stereocenters. The third-order valence-electron chi connectivity index (χ3n) is 1.75. The molecule has 0 atom stereocenters. The molecule has 1 N–H and O–H groups in total. The van der Waals surface area contributed by atoms with Crippen molar-refractivity contribution in [1.82, 2.24) is 4.98 Å². The van der Waals surface area contributed by atoms with Crippen molar-refractivity contribution in [3.63, 3.8) is 0 Å². The maximum Gasteiger partial charge on any atom is 0.102 e. The fourth-order valence-corrected chi connectivity index (χ4v) is 2.88. The Bertz CT molecular complexity index is 478. The maximum absolute atomic E-state index is 6.09. The summed E-state index contributed by atoms with van der Waals surface area (Å²) in [5, 5.41) is 1.69. The molecule has 2 rings (SSSR count). The molecule has 0 aliphatic rings. The Labute approximate surface area is 105 Å². The van der Waals surface area contributed by atoms with Gasteiger partial charge in [-0.2, -0.15) is 0 Å². The van der Waals surface area contributed by atoms with Gasteiger partial charge in [-0.3, -0.25) is 0 Å². The van der Waals surface area contributed by atoms with E-state index in [9.17, 15) is 0 Å². The summed E-state index contributed by atoms with van der Waals surface area (Å²) in [6.07, 6.45) is 0. The number of halogens is 4. The smallest absolute Gasteiger partial charge is 0.102 e. The highest BCUT2D eigenvalue weighted by Gasteiger charge is 2.12. The minimum Gasteiger partial charge on any atom is -0.347 e. The van der Waals surface area contributed by atoms with Crippen LogP contribution in [0, 0.1) is 0 Å². The van der Waals surface area contributed by atoms with E-state index in [-0.39, 0.29) is 0 Å². The Morgan fingerprint density at radius 2 is 1.69 bits per heavy atom. The minimum absolute atomic E-state index is 0.697. The molecule has 68 valence electrons. The molecule has 1 aromatic carbocycles. The second kappa shape index (κ2) is 3.57. The summed E-state index contributed by atoms with van der Waals surface area (Å²) in [5.74, 6) is 0. The highest BCUT2D eigenvalue weighted by atomic mass is 79.9. The predicted molar refractivity (Wildman–Crippen MR) is 66.4 cm³/mol. The number of aromatic nitrogens is 1. The van der Waals surface area contributed by atoms with Crippen molar-refractivity contribution >= 4 is 70.3 Å². The molecule has 0 saturated carbocycles. The predicted octanol–water partition coefficient (Wildman–Crippen LogP) is 5.11. The molecule has 5 heteroatoms. The van der Waals surface area contributed by atoms with E-state index in [4.69, 9.17) is 11.6 Å². The number of hydrogen-bond donors (Lipinski definition) is 1. The number of H-pyrrole nitrogens is 1. The molecule has 1 heterocycles.